The largest absolute Gasteiger partial charge is 0.379 e. The summed E-state index contributed by atoms with van der Waals surface area (Å²) < 4.78 is 21.5. The van der Waals surface area contributed by atoms with Gasteiger partial charge in [-0.15, -0.1) is 0 Å². The van der Waals surface area contributed by atoms with Crippen molar-refractivity contribution in [2.45, 2.75) is 0 Å². The van der Waals surface area contributed by atoms with Crippen molar-refractivity contribution in [3.05, 3.63) is 65.9 Å². The number of carbonyl (C=O) groups excluding carboxylic acids is 2. The van der Waals surface area contributed by atoms with Crippen molar-refractivity contribution in [2.24, 2.45) is 7.05 Å². The minimum absolute atomic E-state index is 0.0777. The van der Waals surface area contributed by atoms with Crippen LogP contribution in [-0.4, -0.2) is 75.9 Å². The van der Waals surface area contributed by atoms with Gasteiger partial charge in [-0.05, 0) is 30.3 Å². The lowest BCUT2D eigenvalue weighted by molar-refractivity contribution is 0.0383. The molecule has 0 spiro atoms. The summed E-state index contributed by atoms with van der Waals surface area (Å²) in [5, 5.41) is 10.3. The molecule has 0 aliphatic carbocycles. The lowest BCUT2D eigenvalue weighted by Crippen LogP contribution is -2.41. The number of aromatic nitrogens is 4. The molecule has 0 bridgehead atoms. The van der Waals surface area contributed by atoms with Gasteiger partial charge in [0.1, 0.15) is 11.5 Å². The number of hydrogen-bond acceptors (Lipinski definition) is 6. The molecule has 4 aromatic rings. The van der Waals surface area contributed by atoms with E-state index in [1.165, 1.54) is 24.4 Å². The topological polar surface area (TPSA) is 117 Å². The van der Waals surface area contributed by atoms with Crippen LogP contribution in [0.15, 0.2) is 48.9 Å². The van der Waals surface area contributed by atoms with E-state index < -0.39 is 11.7 Å². The predicted molar refractivity (Wildman–Crippen MR) is 132 cm³/mol. The molecule has 1 aromatic carbocycles. The second-order valence-electron chi connectivity index (χ2n) is 8.61. The van der Waals surface area contributed by atoms with E-state index in [1.807, 2.05) is 19.3 Å². The number of aromatic amines is 1. The third-order valence-corrected chi connectivity index (χ3v) is 6.04. The molecule has 36 heavy (non-hydrogen) atoms. The molecule has 1 aliphatic heterocycles. The van der Waals surface area contributed by atoms with Gasteiger partial charge in [0.25, 0.3) is 11.8 Å². The van der Waals surface area contributed by atoms with Crippen molar-refractivity contribution < 1.29 is 18.7 Å². The number of hydrogen-bond donors (Lipinski definition) is 3. The van der Waals surface area contributed by atoms with E-state index in [4.69, 9.17) is 4.74 Å². The van der Waals surface area contributed by atoms with Crippen LogP contribution in [0.2, 0.25) is 0 Å². The highest BCUT2D eigenvalue weighted by Gasteiger charge is 2.16. The summed E-state index contributed by atoms with van der Waals surface area (Å²) in [6.45, 7) is 4.20. The normalized spacial score (nSPS) is 14.2. The van der Waals surface area contributed by atoms with E-state index in [0.29, 0.717) is 32.0 Å². The number of ether oxygens (including phenoxy) is 1. The molecule has 11 heteroatoms. The molecule has 5 rings (SSSR count). The van der Waals surface area contributed by atoms with Crippen LogP contribution < -0.4 is 10.6 Å². The van der Waals surface area contributed by atoms with Crippen LogP contribution in [0.25, 0.3) is 22.3 Å². The van der Waals surface area contributed by atoms with Crippen molar-refractivity contribution in [3.8, 4) is 11.3 Å². The lowest BCUT2D eigenvalue weighted by atomic mass is 10.1. The quantitative estimate of drug-likeness (QED) is 0.366. The average molecular weight is 492 g/mol. The first-order chi connectivity index (χ1) is 17.5. The molecule has 1 saturated heterocycles. The van der Waals surface area contributed by atoms with Gasteiger partial charge in [0, 0.05) is 62.1 Å². The summed E-state index contributed by atoms with van der Waals surface area (Å²) in [5.74, 6) is -1.50. The number of benzene rings is 1. The van der Waals surface area contributed by atoms with Gasteiger partial charge in [0.15, 0.2) is 0 Å². The zero-order valence-electron chi connectivity index (χ0n) is 19.8. The summed E-state index contributed by atoms with van der Waals surface area (Å²) >= 11 is 0. The summed E-state index contributed by atoms with van der Waals surface area (Å²) in [5.41, 5.74) is 2.77. The van der Waals surface area contributed by atoms with Crippen LogP contribution >= 0.6 is 0 Å². The van der Waals surface area contributed by atoms with Crippen molar-refractivity contribution in [1.82, 2.24) is 30.0 Å². The number of rotatable bonds is 7. The molecule has 2 amide bonds. The highest BCUT2D eigenvalue weighted by Crippen LogP contribution is 2.24. The maximum absolute atomic E-state index is 14.5. The van der Waals surface area contributed by atoms with E-state index in [0.717, 1.165) is 29.7 Å². The van der Waals surface area contributed by atoms with Gasteiger partial charge >= 0.3 is 0 Å². The fourth-order valence-corrected chi connectivity index (χ4v) is 4.07. The standard InChI is InChI=1S/C25H26FN7O3/c1-32-15-19(14-29-32)21-12-17-10-18(13-28-23(17)30-21)25(35)31-22-11-16(2-3-20(22)26)24(34)27-4-5-33-6-8-36-9-7-33/h2-3,10-15H,4-9H2,1H3,(H,27,34)(H,28,30)(H,31,35). The Hall–Kier alpha value is -4.09. The van der Waals surface area contributed by atoms with E-state index >= 15 is 0 Å². The van der Waals surface area contributed by atoms with Crippen LogP contribution in [0.4, 0.5) is 10.1 Å². The second-order valence-corrected chi connectivity index (χ2v) is 8.61. The Balaban J connectivity index is 1.25. The first-order valence-electron chi connectivity index (χ1n) is 11.6. The van der Waals surface area contributed by atoms with Gasteiger partial charge in [-0.1, -0.05) is 0 Å². The fourth-order valence-electron chi connectivity index (χ4n) is 4.07. The van der Waals surface area contributed by atoms with Crippen LogP contribution in [0.5, 0.6) is 0 Å². The number of nitrogens with zero attached hydrogens (tertiary/aromatic N) is 4. The van der Waals surface area contributed by atoms with E-state index in [-0.39, 0.29) is 22.7 Å². The molecule has 4 heterocycles. The molecule has 3 aromatic heterocycles. The van der Waals surface area contributed by atoms with Gasteiger partial charge in [0.2, 0.25) is 0 Å². The first-order valence-corrected chi connectivity index (χ1v) is 11.6. The van der Waals surface area contributed by atoms with Gasteiger partial charge in [-0.25, -0.2) is 9.37 Å². The van der Waals surface area contributed by atoms with Crippen LogP contribution in [0, 0.1) is 5.82 Å². The molecule has 0 atom stereocenters. The Morgan fingerprint density at radius 1 is 1.11 bits per heavy atom. The Kier molecular flexibility index (Phi) is 6.74. The lowest BCUT2D eigenvalue weighted by Gasteiger charge is -2.26. The number of fused-ring (bicyclic) bond motifs is 1. The molecular weight excluding hydrogens is 465 g/mol. The molecule has 1 fully saturated rings. The van der Waals surface area contributed by atoms with Gasteiger partial charge in [-0.3, -0.25) is 19.2 Å². The number of H-pyrrole nitrogens is 1. The number of pyridine rings is 1. The summed E-state index contributed by atoms with van der Waals surface area (Å²) in [4.78, 5) is 35.2. The maximum Gasteiger partial charge on any atom is 0.257 e. The average Bonchev–Trinajstić information content (AvgIpc) is 3.51. The van der Waals surface area contributed by atoms with E-state index in [2.05, 4.69) is 30.6 Å². The molecule has 0 saturated carbocycles. The molecule has 186 valence electrons. The van der Waals surface area contributed by atoms with Gasteiger partial charge in [-0.2, -0.15) is 5.10 Å². The monoisotopic (exact) mass is 491 g/mol. The van der Waals surface area contributed by atoms with Crippen LogP contribution in [0.1, 0.15) is 20.7 Å². The molecule has 0 unspecified atom stereocenters. The summed E-state index contributed by atoms with van der Waals surface area (Å²) in [6.07, 6.45) is 5.01. The van der Waals surface area contributed by atoms with Gasteiger partial charge in [0.05, 0.1) is 36.4 Å². The van der Waals surface area contributed by atoms with Crippen molar-refractivity contribution >= 4 is 28.5 Å². The summed E-state index contributed by atoms with van der Waals surface area (Å²) in [6, 6.07) is 7.44. The van der Waals surface area contributed by atoms with Crippen molar-refractivity contribution in [1.29, 1.82) is 0 Å². The molecular formula is C25H26FN7O3. The highest BCUT2D eigenvalue weighted by molar-refractivity contribution is 6.06. The molecule has 3 N–H and O–H groups in total. The Morgan fingerprint density at radius 2 is 1.94 bits per heavy atom. The fraction of sp³-hybridized carbons (Fsp3) is 0.280. The van der Waals surface area contributed by atoms with Crippen molar-refractivity contribution in [3.63, 3.8) is 0 Å². The maximum atomic E-state index is 14.5. The third kappa shape index (κ3) is 5.26. The smallest absolute Gasteiger partial charge is 0.257 e. The Morgan fingerprint density at radius 3 is 2.72 bits per heavy atom. The minimum atomic E-state index is -0.636. The minimum Gasteiger partial charge on any atom is -0.379 e. The Labute approximate surface area is 206 Å². The van der Waals surface area contributed by atoms with Gasteiger partial charge < -0.3 is 20.4 Å². The first kappa shape index (κ1) is 23.6. The SMILES string of the molecule is Cn1cc(-c2cc3cc(C(=O)Nc4cc(C(=O)NCCN5CCOCC5)ccc4F)cnc3[nH]2)cn1. The highest BCUT2D eigenvalue weighted by atomic mass is 19.1. The van der Waals surface area contributed by atoms with Crippen LogP contribution in [0.3, 0.4) is 0 Å². The number of anilines is 1. The van der Waals surface area contributed by atoms with Crippen LogP contribution in [-0.2, 0) is 11.8 Å². The third-order valence-electron chi connectivity index (χ3n) is 6.04. The predicted octanol–water partition coefficient (Wildman–Crippen LogP) is 2.42. The number of halogens is 1. The molecule has 0 radical (unpaired) electrons. The number of aryl methyl sites for hydroxylation is 1. The number of carbonyl (C=O) groups is 2. The Bertz CT molecular complexity index is 1410. The van der Waals surface area contributed by atoms with E-state index in [9.17, 15) is 14.0 Å². The molecule has 10 nitrogen and oxygen atoms in total. The molecule has 1 aliphatic rings. The van der Waals surface area contributed by atoms with E-state index in [1.54, 1.807) is 16.9 Å². The number of nitrogens with one attached hydrogen (secondary N) is 3. The number of morpholine rings is 1. The zero-order chi connectivity index (χ0) is 25.1. The number of amides is 2. The van der Waals surface area contributed by atoms with Crippen molar-refractivity contribution in [2.75, 3.05) is 44.7 Å². The second kappa shape index (κ2) is 10.3. The zero-order valence-corrected chi connectivity index (χ0v) is 19.8. The summed E-state index contributed by atoms with van der Waals surface area (Å²) in [7, 11) is 1.83.